The monoisotopic (exact) mass is 587 g/mol. The zero-order chi connectivity index (χ0) is 29.5. The molecule has 0 unspecified atom stereocenters. The Morgan fingerprint density at radius 2 is 0.933 bits per heavy atom. The second-order valence-electron chi connectivity index (χ2n) is 11.9. The summed E-state index contributed by atoms with van der Waals surface area (Å²) in [5.74, 6) is 0. The van der Waals surface area contributed by atoms with E-state index in [1.165, 1.54) is 90.9 Å². The lowest BCUT2D eigenvalue weighted by Crippen LogP contribution is -1.86. The van der Waals surface area contributed by atoms with Gasteiger partial charge in [0.15, 0.2) is 0 Å². The Morgan fingerprint density at radius 1 is 0.378 bits per heavy atom. The van der Waals surface area contributed by atoms with Crippen LogP contribution in [0, 0.1) is 0 Å². The lowest BCUT2D eigenvalue weighted by atomic mass is 9.92. The molecule has 45 heavy (non-hydrogen) atoms. The molecule has 1 nitrogen and oxygen atoms in total. The lowest BCUT2D eigenvalue weighted by Gasteiger charge is -2.12. The number of hydrogen-bond acceptors (Lipinski definition) is 2. The van der Waals surface area contributed by atoms with Crippen LogP contribution in [0.4, 0.5) is 0 Å². The molecule has 0 N–H and O–H groups in total. The molecular formula is C43H25NS. The van der Waals surface area contributed by atoms with Gasteiger partial charge in [-0.3, -0.25) is 4.98 Å². The number of rotatable bonds is 2. The number of hydrogen-bond donors (Lipinski definition) is 0. The third-order valence-corrected chi connectivity index (χ3v) is 10.8. The molecule has 0 atom stereocenters. The van der Waals surface area contributed by atoms with Crippen LogP contribution in [0.5, 0.6) is 0 Å². The Kier molecular flexibility index (Phi) is 5.22. The molecule has 0 spiro atoms. The first-order valence-corrected chi connectivity index (χ1v) is 16.2. The van der Waals surface area contributed by atoms with Gasteiger partial charge in [-0.05, 0) is 66.5 Å². The number of fused-ring (bicyclic) bond motifs is 12. The van der Waals surface area contributed by atoms with Gasteiger partial charge in [0.05, 0.1) is 5.52 Å². The smallest absolute Gasteiger partial charge is 0.0786 e. The molecule has 10 aromatic rings. The SMILES string of the molecule is c1cnc2c(c1)ccc1cccc(-c3cccc4c3sc3c(-c5ccc6c7ccccc7c7ccccc7c6c5)cccc34)c12. The van der Waals surface area contributed by atoms with E-state index in [9.17, 15) is 0 Å². The first kappa shape index (κ1) is 24.8. The summed E-state index contributed by atoms with van der Waals surface area (Å²) in [6.45, 7) is 0. The lowest BCUT2D eigenvalue weighted by molar-refractivity contribution is 1.43. The molecule has 0 fully saturated rings. The molecule has 2 heteroatoms. The van der Waals surface area contributed by atoms with E-state index >= 15 is 0 Å². The fourth-order valence-corrected chi connectivity index (χ4v) is 8.84. The van der Waals surface area contributed by atoms with Crippen LogP contribution in [0.25, 0.3) is 96.4 Å². The highest BCUT2D eigenvalue weighted by Crippen LogP contribution is 2.46. The molecular weight excluding hydrogens is 563 g/mol. The quantitative estimate of drug-likeness (QED) is 0.183. The van der Waals surface area contributed by atoms with Crippen molar-refractivity contribution < 1.29 is 0 Å². The number of aromatic nitrogens is 1. The highest BCUT2D eigenvalue weighted by atomic mass is 32.1. The first-order chi connectivity index (χ1) is 22.3. The predicted octanol–water partition coefficient (Wildman–Crippen LogP) is 12.5. The van der Waals surface area contributed by atoms with Gasteiger partial charge in [-0.15, -0.1) is 11.3 Å². The van der Waals surface area contributed by atoms with Crippen molar-refractivity contribution in [1.29, 1.82) is 0 Å². The van der Waals surface area contributed by atoms with Crippen LogP contribution in [0.2, 0.25) is 0 Å². The maximum Gasteiger partial charge on any atom is 0.0786 e. The van der Waals surface area contributed by atoms with Crippen molar-refractivity contribution in [2.24, 2.45) is 0 Å². The molecule has 0 bridgehead atoms. The van der Waals surface area contributed by atoms with Crippen LogP contribution in [-0.2, 0) is 0 Å². The molecule has 0 aliphatic heterocycles. The summed E-state index contributed by atoms with van der Waals surface area (Å²) in [6.07, 6.45) is 1.90. The summed E-state index contributed by atoms with van der Waals surface area (Å²) in [4.78, 5) is 4.84. The van der Waals surface area contributed by atoms with E-state index in [1.54, 1.807) is 0 Å². The molecule has 0 amide bonds. The fourth-order valence-electron chi connectivity index (χ4n) is 7.47. The molecule has 0 radical (unpaired) electrons. The molecule has 208 valence electrons. The number of thiophene rings is 1. The molecule has 10 rings (SSSR count). The Bertz CT molecular complexity index is 2790. The maximum absolute atomic E-state index is 4.84. The van der Waals surface area contributed by atoms with Gasteiger partial charge in [0, 0.05) is 42.7 Å². The van der Waals surface area contributed by atoms with E-state index in [-0.39, 0.29) is 0 Å². The van der Waals surface area contributed by atoms with Crippen molar-refractivity contribution in [2.45, 2.75) is 0 Å². The van der Waals surface area contributed by atoms with Crippen molar-refractivity contribution in [1.82, 2.24) is 4.98 Å². The van der Waals surface area contributed by atoms with Crippen molar-refractivity contribution >= 4 is 85.5 Å². The Morgan fingerprint density at radius 3 is 1.69 bits per heavy atom. The topological polar surface area (TPSA) is 12.9 Å². The van der Waals surface area contributed by atoms with Crippen molar-refractivity contribution in [2.75, 3.05) is 0 Å². The van der Waals surface area contributed by atoms with Crippen LogP contribution in [0.3, 0.4) is 0 Å². The molecule has 2 aromatic heterocycles. The second-order valence-corrected chi connectivity index (χ2v) is 12.9. The third kappa shape index (κ3) is 3.58. The predicted molar refractivity (Wildman–Crippen MR) is 196 cm³/mol. The van der Waals surface area contributed by atoms with E-state index in [4.69, 9.17) is 4.98 Å². The maximum atomic E-state index is 4.84. The summed E-state index contributed by atoms with van der Waals surface area (Å²) < 4.78 is 2.64. The molecule has 0 aliphatic carbocycles. The average Bonchev–Trinajstić information content (AvgIpc) is 3.50. The highest BCUT2D eigenvalue weighted by Gasteiger charge is 2.17. The van der Waals surface area contributed by atoms with Crippen LogP contribution >= 0.6 is 11.3 Å². The van der Waals surface area contributed by atoms with E-state index in [1.807, 2.05) is 23.6 Å². The first-order valence-electron chi connectivity index (χ1n) is 15.4. The number of pyridine rings is 1. The van der Waals surface area contributed by atoms with Gasteiger partial charge in [0.2, 0.25) is 0 Å². The third-order valence-electron chi connectivity index (χ3n) is 9.48. The van der Waals surface area contributed by atoms with Crippen LogP contribution in [0.15, 0.2) is 152 Å². The standard InChI is InChI=1S/C43H25NS/c1-2-13-32-30(11-1)31-12-3-4-14-33(31)39-25-28(22-23-34(32)39)29-15-6-18-37-38-19-7-17-36(43(38)45-42(29)37)35-16-5-9-26-20-21-27-10-8-24-44-41(27)40(26)35/h1-25H. The average molecular weight is 588 g/mol. The highest BCUT2D eigenvalue weighted by molar-refractivity contribution is 7.26. The van der Waals surface area contributed by atoms with Gasteiger partial charge in [-0.2, -0.15) is 0 Å². The van der Waals surface area contributed by atoms with Gasteiger partial charge in [-0.25, -0.2) is 0 Å². The number of benzene rings is 8. The summed E-state index contributed by atoms with van der Waals surface area (Å²) in [7, 11) is 0. The number of nitrogens with zero attached hydrogens (tertiary/aromatic N) is 1. The molecule has 0 aliphatic rings. The largest absolute Gasteiger partial charge is 0.256 e. The minimum Gasteiger partial charge on any atom is -0.256 e. The van der Waals surface area contributed by atoms with Gasteiger partial charge in [0.1, 0.15) is 0 Å². The van der Waals surface area contributed by atoms with E-state index < -0.39 is 0 Å². The zero-order valence-corrected chi connectivity index (χ0v) is 25.1. The van der Waals surface area contributed by atoms with Gasteiger partial charge in [-0.1, -0.05) is 133 Å². The Hall–Kier alpha value is -5.57. The van der Waals surface area contributed by atoms with Crippen molar-refractivity contribution in [3.63, 3.8) is 0 Å². The Balaban J connectivity index is 1.25. The van der Waals surface area contributed by atoms with E-state index in [2.05, 4.69) is 140 Å². The van der Waals surface area contributed by atoms with Crippen LogP contribution < -0.4 is 0 Å². The fraction of sp³-hybridized carbons (Fsp3) is 0. The van der Waals surface area contributed by atoms with E-state index in [0.717, 1.165) is 5.52 Å². The minimum absolute atomic E-state index is 1.06. The zero-order valence-electron chi connectivity index (χ0n) is 24.3. The normalized spacial score (nSPS) is 12.0. The van der Waals surface area contributed by atoms with Gasteiger partial charge < -0.3 is 0 Å². The molecule has 8 aromatic carbocycles. The van der Waals surface area contributed by atoms with Gasteiger partial charge in [0.25, 0.3) is 0 Å². The van der Waals surface area contributed by atoms with E-state index in [0.29, 0.717) is 0 Å². The summed E-state index contributed by atoms with van der Waals surface area (Å²) >= 11 is 1.91. The molecule has 0 saturated heterocycles. The summed E-state index contributed by atoms with van der Waals surface area (Å²) in [6, 6.07) is 53.4. The second kappa shape index (κ2) is 9.46. The van der Waals surface area contributed by atoms with Crippen LogP contribution in [-0.4, -0.2) is 4.98 Å². The van der Waals surface area contributed by atoms with Gasteiger partial charge >= 0.3 is 0 Å². The molecule has 0 saturated carbocycles. The summed E-state index contributed by atoms with van der Waals surface area (Å²) in [5.41, 5.74) is 6.09. The Labute approximate surface area is 263 Å². The molecule has 2 heterocycles. The minimum atomic E-state index is 1.06. The van der Waals surface area contributed by atoms with Crippen LogP contribution in [0.1, 0.15) is 0 Å². The summed E-state index contributed by atoms with van der Waals surface area (Å²) in [5, 5.41) is 14.0. The van der Waals surface area contributed by atoms with Crippen molar-refractivity contribution in [3.8, 4) is 22.3 Å². The van der Waals surface area contributed by atoms with Crippen molar-refractivity contribution in [3.05, 3.63) is 152 Å².